The zero-order valence-corrected chi connectivity index (χ0v) is 12.1. The van der Waals surface area contributed by atoms with Crippen molar-refractivity contribution >= 4 is 17.7 Å². The van der Waals surface area contributed by atoms with Crippen molar-refractivity contribution < 1.29 is 14.6 Å². The monoisotopic (exact) mass is 265 g/mol. The van der Waals surface area contributed by atoms with Crippen molar-refractivity contribution in [2.45, 2.75) is 52.2 Å². The molecule has 102 valence electrons. The van der Waals surface area contributed by atoms with E-state index in [1.54, 1.807) is 20.8 Å². The molecule has 1 amide bonds. The molecule has 0 saturated carbocycles. The number of hydrogen-bond acceptors (Lipinski definition) is 3. The van der Waals surface area contributed by atoms with Crippen molar-refractivity contribution in [2.75, 3.05) is 12.4 Å². The van der Waals surface area contributed by atoms with Gasteiger partial charge in [0, 0.05) is 12.5 Å². The third kappa shape index (κ3) is 6.13. The first-order chi connectivity index (χ1) is 7.64. The van der Waals surface area contributed by atoms with Gasteiger partial charge in [0.2, 0.25) is 0 Å². The molecule has 4 nitrogen and oxygen atoms in total. The van der Waals surface area contributed by atoms with Crippen LogP contribution < -0.4 is 5.32 Å². The first-order valence-corrected chi connectivity index (χ1v) is 6.43. The maximum absolute atomic E-state index is 11.4. The van der Waals surface area contributed by atoms with Crippen LogP contribution in [0.25, 0.3) is 0 Å². The van der Waals surface area contributed by atoms with Gasteiger partial charge in [0.05, 0.1) is 11.5 Å². The van der Waals surface area contributed by atoms with E-state index in [1.165, 1.54) is 0 Å². The number of rotatable bonds is 5. The van der Waals surface area contributed by atoms with E-state index < -0.39 is 17.3 Å². The predicted octanol–water partition coefficient (Wildman–Crippen LogP) is 2.53. The van der Waals surface area contributed by atoms with Crippen LogP contribution in [0, 0.1) is 5.92 Å². The van der Waals surface area contributed by atoms with Crippen LogP contribution in [0.4, 0.5) is 4.79 Å². The summed E-state index contributed by atoms with van der Waals surface area (Å²) in [5.74, 6) is 0.0261. The van der Waals surface area contributed by atoms with Gasteiger partial charge in [0.15, 0.2) is 0 Å². The van der Waals surface area contributed by atoms with Crippen LogP contribution in [-0.4, -0.2) is 34.8 Å². The molecule has 0 fully saturated rings. The molecule has 0 radical (unpaired) electrons. The quantitative estimate of drug-likeness (QED) is 0.751. The fourth-order valence-corrected chi connectivity index (χ4v) is 1.77. The van der Waals surface area contributed by atoms with Crippen molar-refractivity contribution in [1.29, 1.82) is 0 Å². The number of ether oxygens (including phenoxy) is 1. The minimum absolute atomic E-state index is 0.127. The van der Waals surface area contributed by atoms with Gasteiger partial charge in [-0.15, -0.1) is 11.6 Å². The molecule has 0 saturated heterocycles. The smallest absolute Gasteiger partial charge is 0.407 e. The van der Waals surface area contributed by atoms with Crippen molar-refractivity contribution in [3.05, 3.63) is 0 Å². The SMILES string of the molecule is CC[C@](O)(CCl)C(C)CNC(=O)OC(C)(C)C. The summed E-state index contributed by atoms with van der Waals surface area (Å²) in [5, 5.41) is 12.8. The van der Waals surface area contributed by atoms with Crippen LogP contribution in [0.3, 0.4) is 0 Å². The second-order valence-electron chi connectivity index (χ2n) is 5.37. The molecule has 2 N–H and O–H groups in total. The maximum Gasteiger partial charge on any atom is 0.407 e. The molecule has 17 heavy (non-hydrogen) atoms. The van der Waals surface area contributed by atoms with Crippen LogP contribution >= 0.6 is 11.6 Å². The molecule has 0 aliphatic rings. The summed E-state index contributed by atoms with van der Waals surface area (Å²) in [6.07, 6.45) is 0.0746. The van der Waals surface area contributed by atoms with Crippen molar-refractivity contribution in [3.8, 4) is 0 Å². The zero-order valence-electron chi connectivity index (χ0n) is 11.3. The van der Waals surface area contributed by atoms with Gasteiger partial charge in [0.25, 0.3) is 0 Å². The summed E-state index contributed by atoms with van der Waals surface area (Å²) in [4.78, 5) is 11.4. The topological polar surface area (TPSA) is 58.6 Å². The fourth-order valence-electron chi connectivity index (χ4n) is 1.32. The fraction of sp³-hybridized carbons (Fsp3) is 0.917. The van der Waals surface area contributed by atoms with Crippen molar-refractivity contribution in [3.63, 3.8) is 0 Å². The standard InChI is InChI=1S/C12H24ClNO3/c1-6-12(16,8-13)9(2)7-14-10(15)17-11(3,4)5/h9,16H,6-8H2,1-5H3,(H,14,15)/t9?,12-/m0/s1. The van der Waals surface area contributed by atoms with Gasteiger partial charge in [-0.1, -0.05) is 13.8 Å². The van der Waals surface area contributed by atoms with Gasteiger partial charge >= 0.3 is 6.09 Å². The lowest BCUT2D eigenvalue weighted by Crippen LogP contribution is -2.45. The van der Waals surface area contributed by atoms with E-state index in [0.29, 0.717) is 13.0 Å². The van der Waals surface area contributed by atoms with Gasteiger partial charge in [-0.2, -0.15) is 0 Å². The average Bonchev–Trinajstić information content (AvgIpc) is 2.22. The first-order valence-electron chi connectivity index (χ1n) is 5.90. The number of amides is 1. The van der Waals surface area contributed by atoms with E-state index in [4.69, 9.17) is 16.3 Å². The summed E-state index contributed by atoms with van der Waals surface area (Å²) >= 11 is 5.73. The van der Waals surface area contributed by atoms with E-state index in [0.717, 1.165) is 0 Å². The third-order valence-electron chi connectivity index (χ3n) is 2.71. The Kier molecular flexibility index (Phi) is 6.27. The number of halogens is 1. The first kappa shape index (κ1) is 16.5. The molecule has 0 aliphatic carbocycles. The predicted molar refractivity (Wildman–Crippen MR) is 69.4 cm³/mol. The van der Waals surface area contributed by atoms with Crippen molar-refractivity contribution in [1.82, 2.24) is 5.32 Å². The van der Waals surface area contributed by atoms with Gasteiger partial charge in [-0.3, -0.25) is 0 Å². The van der Waals surface area contributed by atoms with Crippen LogP contribution in [0.2, 0.25) is 0 Å². The Morgan fingerprint density at radius 3 is 2.35 bits per heavy atom. The molecule has 0 aromatic carbocycles. The maximum atomic E-state index is 11.4. The molecule has 0 spiro atoms. The summed E-state index contributed by atoms with van der Waals surface area (Å²) in [5.41, 5.74) is -1.46. The summed E-state index contributed by atoms with van der Waals surface area (Å²) < 4.78 is 5.10. The van der Waals surface area contributed by atoms with E-state index in [9.17, 15) is 9.90 Å². The number of nitrogens with one attached hydrogen (secondary N) is 1. The molecule has 0 heterocycles. The minimum atomic E-state index is -0.948. The molecule has 2 atom stereocenters. The highest BCUT2D eigenvalue weighted by Crippen LogP contribution is 2.22. The highest BCUT2D eigenvalue weighted by atomic mass is 35.5. The Morgan fingerprint density at radius 2 is 2.00 bits per heavy atom. The summed E-state index contributed by atoms with van der Waals surface area (Å²) in [6.45, 7) is 9.47. The third-order valence-corrected chi connectivity index (χ3v) is 3.18. The van der Waals surface area contributed by atoms with E-state index in [2.05, 4.69) is 5.32 Å². The molecule has 0 rings (SSSR count). The minimum Gasteiger partial charge on any atom is -0.444 e. The lowest BCUT2D eigenvalue weighted by Gasteiger charge is -2.31. The number of carbonyl (C=O) groups is 1. The lowest BCUT2D eigenvalue weighted by molar-refractivity contribution is 0.00401. The molecule has 5 heteroatoms. The van der Waals surface area contributed by atoms with Gasteiger partial charge in [0.1, 0.15) is 5.60 Å². The molecule has 1 unspecified atom stereocenters. The van der Waals surface area contributed by atoms with Crippen molar-refractivity contribution in [2.24, 2.45) is 5.92 Å². The highest BCUT2D eigenvalue weighted by Gasteiger charge is 2.31. The number of alkyl carbamates (subject to hydrolysis) is 1. The van der Waals surface area contributed by atoms with Gasteiger partial charge in [-0.25, -0.2) is 4.79 Å². The number of carbonyl (C=O) groups excluding carboxylic acids is 1. The lowest BCUT2D eigenvalue weighted by atomic mass is 9.88. The van der Waals surface area contributed by atoms with Crippen LogP contribution in [0.5, 0.6) is 0 Å². The van der Waals surface area contributed by atoms with E-state index in [1.807, 2.05) is 13.8 Å². The summed E-state index contributed by atoms with van der Waals surface area (Å²) in [6, 6.07) is 0. The number of hydrogen-bond donors (Lipinski definition) is 2. The Hall–Kier alpha value is -0.480. The van der Waals surface area contributed by atoms with Crippen LogP contribution in [0.15, 0.2) is 0 Å². The second kappa shape index (κ2) is 6.45. The Balaban J connectivity index is 4.16. The van der Waals surface area contributed by atoms with Crippen LogP contribution in [0.1, 0.15) is 41.0 Å². The molecule has 0 aromatic rings. The van der Waals surface area contributed by atoms with Crippen LogP contribution in [-0.2, 0) is 4.74 Å². The Morgan fingerprint density at radius 1 is 1.47 bits per heavy atom. The largest absolute Gasteiger partial charge is 0.444 e. The van der Waals surface area contributed by atoms with Gasteiger partial charge < -0.3 is 15.2 Å². The second-order valence-corrected chi connectivity index (χ2v) is 5.64. The molecule has 0 aromatic heterocycles. The molecular formula is C12H24ClNO3. The number of aliphatic hydroxyl groups is 1. The zero-order chi connectivity index (χ0) is 13.7. The number of alkyl halides is 1. The average molecular weight is 266 g/mol. The Labute approximate surface area is 109 Å². The van der Waals surface area contributed by atoms with E-state index >= 15 is 0 Å². The van der Waals surface area contributed by atoms with E-state index in [-0.39, 0.29) is 11.8 Å². The summed E-state index contributed by atoms with van der Waals surface area (Å²) in [7, 11) is 0. The molecular weight excluding hydrogens is 242 g/mol. The molecule has 0 aliphatic heterocycles. The normalized spacial score (nSPS) is 17.1. The molecule has 0 bridgehead atoms. The Bertz CT molecular complexity index is 247. The van der Waals surface area contributed by atoms with Gasteiger partial charge in [-0.05, 0) is 27.2 Å². The highest BCUT2D eigenvalue weighted by molar-refractivity contribution is 6.18.